The summed E-state index contributed by atoms with van der Waals surface area (Å²) in [7, 11) is 0. The van der Waals surface area contributed by atoms with Gasteiger partial charge in [0.15, 0.2) is 5.65 Å². The van der Waals surface area contributed by atoms with E-state index in [1.807, 2.05) is 49.9 Å². The lowest BCUT2D eigenvalue weighted by atomic mass is 10.1. The van der Waals surface area contributed by atoms with Gasteiger partial charge in [-0.05, 0) is 50.8 Å². The third-order valence-corrected chi connectivity index (χ3v) is 6.81. The molecule has 1 N–H and O–H groups in total. The maximum atomic E-state index is 13.2. The first-order valence-electron chi connectivity index (χ1n) is 9.14. The molecule has 0 aromatic carbocycles. The predicted octanol–water partition coefficient (Wildman–Crippen LogP) is 5.54. The van der Waals surface area contributed by atoms with Crippen molar-refractivity contribution in [1.29, 1.82) is 5.26 Å². The summed E-state index contributed by atoms with van der Waals surface area (Å²) in [6.45, 7) is 7.90. The van der Waals surface area contributed by atoms with Gasteiger partial charge in [-0.3, -0.25) is 4.79 Å². The Bertz CT molecular complexity index is 1260. The second kappa shape index (κ2) is 7.43. The zero-order chi connectivity index (χ0) is 20.7. The Hall–Kier alpha value is -3.02. The van der Waals surface area contributed by atoms with Gasteiger partial charge >= 0.3 is 0 Å². The molecular weight excluding hydrogens is 402 g/mol. The Kier molecular flexibility index (Phi) is 4.94. The Balaban J connectivity index is 1.85. The smallest absolute Gasteiger partial charge is 0.257 e. The molecule has 6 nitrogen and oxygen atoms in total. The second-order valence-electron chi connectivity index (χ2n) is 7.01. The normalized spacial score (nSPS) is 11.2. The van der Waals surface area contributed by atoms with Crippen LogP contribution in [-0.4, -0.2) is 20.7 Å². The Labute approximate surface area is 176 Å². The van der Waals surface area contributed by atoms with Crippen LogP contribution in [0.5, 0.6) is 0 Å². The number of nitrogens with zero attached hydrogens (tertiary/aromatic N) is 4. The van der Waals surface area contributed by atoms with Crippen LogP contribution in [-0.2, 0) is 0 Å². The number of rotatable bonds is 4. The van der Waals surface area contributed by atoms with E-state index in [1.54, 1.807) is 23.6 Å². The first-order valence-corrected chi connectivity index (χ1v) is 10.8. The van der Waals surface area contributed by atoms with Crippen molar-refractivity contribution >= 4 is 44.6 Å². The summed E-state index contributed by atoms with van der Waals surface area (Å²) in [4.78, 5) is 20.0. The number of aryl methyl sites for hydroxylation is 1. The lowest BCUT2D eigenvalue weighted by Gasteiger charge is -2.10. The van der Waals surface area contributed by atoms with E-state index in [9.17, 15) is 10.1 Å². The highest BCUT2D eigenvalue weighted by molar-refractivity contribution is 7.16. The molecule has 4 heterocycles. The number of hydrogen-bond donors (Lipinski definition) is 1. The molecule has 4 rings (SSSR count). The molecule has 0 radical (unpaired) electrons. The van der Waals surface area contributed by atoms with Gasteiger partial charge in [0.05, 0.1) is 33.3 Å². The number of amides is 1. The van der Waals surface area contributed by atoms with Gasteiger partial charge in [-0.25, -0.2) is 9.67 Å². The number of hydrogen-bond acceptors (Lipinski definition) is 6. The van der Waals surface area contributed by atoms with Gasteiger partial charge in [0.25, 0.3) is 5.91 Å². The average Bonchev–Trinajstić information content (AvgIpc) is 3.41. The molecule has 0 saturated carbocycles. The number of carbonyl (C=O) groups is 1. The van der Waals surface area contributed by atoms with E-state index in [2.05, 4.69) is 16.5 Å². The largest absolute Gasteiger partial charge is 0.312 e. The molecule has 8 heteroatoms. The van der Waals surface area contributed by atoms with Crippen LogP contribution in [0.25, 0.3) is 21.6 Å². The van der Waals surface area contributed by atoms with Crippen LogP contribution < -0.4 is 5.32 Å². The van der Waals surface area contributed by atoms with Gasteiger partial charge in [-0.15, -0.1) is 22.7 Å². The van der Waals surface area contributed by atoms with Gasteiger partial charge in [0, 0.05) is 10.9 Å². The topological polar surface area (TPSA) is 83.6 Å². The summed E-state index contributed by atoms with van der Waals surface area (Å²) < 4.78 is 1.82. The maximum Gasteiger partial charge on any atom is 0.257 e. The molecule has 0 atom stereocenters. The highest BCUT2D eigenvalue weighted by atomic mass is 32.1. The number of nitrogens with one attached hydrogen (secondary N) is 1. The van der Waals surface area contributed by atoms with Crippen LogP contribution in [0.2, 0.25) is 0 Å². The van der Waals surface area contributed by atoms with Crippen LogP contribution in [0.4, 0.5) is 5.00 Å². The molecule has 4 aromatic rings. The first kappa shape index (κ1) is 19.3. The Morgan fingerprint density at radius 2 is 2.14 bits per heavy atom. The molecule has 0 saturated heterocycles. The van der Waals surface area contributed by atoms with Crippen LogP contribution in [0, 0.1) is 25.2 Å². The molecule has 4 aromatic heterocycles. The van der Waals surface area contributed by atoms with Crippen molar-refractivity contribution < 1.29 is 4.79 Å². The molecule has 29 heavy (non-hydrogen) atoms. The van der Waals surface area contributed by atoms with Crippen LogP contribution in [0.15, 0.2) is 29.8 Å². The highest BCUT2D eigenvalue weighted by Gasteiger charge is 2.21. The number of aromatic nitrogens is 3. The summed E-state index contributed by atoms with van der Waals surface area (Å²) in [6, 6.07) is 8.06. The second-order valence-corrected chi connectivity index (χ2v) is 9.18. The fourth-order valence-electron chi connectivity index (χ4n) is 3.15. The van der Waals surface area contributed by atoms with E-state index in [4.69, 9.17) is 4.98 Å². The van der Waals surface area contributed by atoms with E-state index >= 15 is 0 Å². The highest BCUT2D eigenvalue weighted by Crippen LogP contribution is 2.33. The van der Waals surface area contributed by atoms with E-state index < -0.39 is 0 Å². The number of carbonyl (C=O) groups excluding carboxylic acids is 1. The van der Waals surface area contributed by atoms with Crippen molar-refractivity contribution in [3.05, 3.63) is 51.3 Å². The molecule has 0 aliphatic rings. The molecule has 0 fully saturated rings. The summed E-state index contributed by atoms with van der Waals surface area (Å²) in [5.41, 5.74) is 3.33. The number of pyridine rings is 1. The Morgan fingerprint density at radius 1 is 1.34 bits per heavy atom. The summed E-state index contributed by atoms with van der Waals surface area (Å²) in [5.74, 6) is -0.267. The molecule has 0 bridgehead atoms. The quantitative estimate of drug-likeness (QED) is 0.469. The fourth-order valence-corrected chi connectivity index (χ4v) is 4.85. The van der Waals surface area contributed by atoms with E-state index in [-0.39, 0.29) is 11.9 Å². The number of anilines is 1. The third-order valence-electron chi connectivity index (χ3n) is 4.80. The fraction of sp³-hybridized carbons (Fsp3) is 0.238. The monoisotopic (exact) mass is 421 g/mol. The van der Waals surface area contributed by atoms with E-state index in [0.29, 0.717) is 27.2 Å². The third kappa shape index (κ3) is 3.33. The predicted molar refractivity (Wildman–Crippen MR) is 118 cm³/mol. The average molecular weight is 422 g/mol. The number of thiophene rings is 2. The van der Waals surface area contributed by atoms with Crippen molar-refractivity contribution in [2.24, 2.45) is 0 Å². The molecule has 1 amide bonds. The molecule has 0 spiro atoms. The van der Waals surface area contributed by atoms with Gasteiger partial charge < -0.3 is 5.32 Å². The molecular formula is C21H19N5OS2. The van der Waals surface area contributed by atoms with Gasteiger partial charge in [0.1, 0.15) is 11.1 Å². The standard InChI is InChI=1S/C21H19N5OS2/c1-11(2)26-19-16(10-23-26)14(8-17(24-19)18-6-5-7-28-18)20(27)25-21-15(9-22)12(3)13(4)29-21/h5-8,10-11H,1-4H3,(H,25,27). The summed E-state index contributed by atoms with van der Waals surface area (Å²) in [5, 5.41) is 20.1. The van der Waals surface area contributed by atoms with Crippen molar-refractivity contribution in [3.8, 4) is 16.6 Å². The van der Waals surface area contributed by atoms with Crippen LogP contribution >= 0.6 is 22.7 Å². The molecule has 146 valence electrons. The molecule has 0 unspecified atom stereocenters. The first-order chi connectivity index (χ1) is 13.9. The maximum absolute atomic E-state index is 13.2. The van der Waals surface area contributed by atoms with Crippen molar-refractivity contribution in [1.82, 2.24) is 14.8 Å². The van der Waals surface area contributed by atoms with Crippen molar-refractivity contribution in [2.45, 2.75) is 33.7 Å². The lowest BCUT2D eigenvalue weighted by Crippen LogP contribution is -2.13. The zero-order valence-corrected chi connectivity index (χ0v) is 18.1. The molecule has 0 aliphatic carbocycles. The number of nitriles is 1. The van der Waals surface area contributed by atoms with Gasteiger partial charge in [0.2, 0.25) is 0 Å². The van der Waals surface area contributed by atoms with Crippen molar-refractivity contribution in [3.63, 3.8) is 0 Å². The SMILES string of the molecule is Cc1sc(NC(=O)c2cc(-c3cccs3)nc3c2cnn3C(C)C)c(C#N)c1C. The van der Waals surface area contributed by atoms with Crippen LogP contribution in [0.3, 0.4) is 0 Å². The van der Waals surface area contributed by atoms with E-state index in [1.165, 1.54) is 11.3 Å². The minimum atomic E-state index is -0.267. The minimum absolute atomic E-state index is 0.113. The summed E-state index contributed by atoms with van der Waals surface area (Å²) >= 11 is 2.99. The number of fused-ring (bicyclic) bond motifs is 1. The molecule has 0 aliphatic heterocycles. The van der Waals surface area contributed by atoms with Gasteiger partial charge in [-0.2, -0.15) is 10.4 Å². The van der Waals surface area contributed by atoms with Crippen molar-refractivity contribution in [2.75, 3.05) is 5.32 Å². The van der Waals surface area contributed by atoms with Gasteiger partial charge in [-0.1, -0.05) is 6.07 Å². The zero-order valence-electron chi connectivity index (χ0n) is 16.5. The Morgan fingerprint density at radius 3 is 2.79 bits per heavy atom. The van der Waals surface area contributed by atoms with Crippen LogP contribution in [0.1, 0.15) is 46.3 Å². The minimum Gasteiger partial charge on any atom is -0.312 e. The lowest BCUT2D eigenvalue weighted by molar-refractivity contribution is 0.102. The van der Waals surface area contributed by atoms with E-state index in [0.717, 1.165) is 21.0 Å². The summed E-state index contributed by atoms with van der Waals surface area (Å²) in [6.07, 6.45) is 1.69.